The molecule has 4 nitrogen and oxygen atoms in total. The van der Waals surface area contributed by atoms with E-state index in [2.05, 4.69) is 9.47 Å². The molecule has 0 saturated heterocycles. The van der Waals surface area contributed by atoms with Crippen LogP contribution < -0.4 is 0 Å². The second-order valence-electron chi connectivity index (χ2n) is 2.94. The standard InChI is InChI=1S/C8H6O2.C4H10O2/c9-5-7-2-1-3-8(4-7)6-10;1-4(5-2)6-3/h1-6H;4H,1-3H3. The predicted molar refractivity (Wildman–Crippen MR) is 60.7 cm³/mol. The third-order valence-corrected chi connectivity index (χ3v) is 1.85. The molecular weight excluding hydrogens is 208 g/mol. The Morgan fingerprint density at radius 1 is 1.06 bits per heavy atom. The summed E-state index contributed by atoms with van der Waals surface area (Å²) in [4.78, 5) is 20.3. The molecular formula is C12H16O4. The summed E-state index contributed by atoms with van der Waals surface area (Å²) in [5, 5.41) is 0. The van der Waals surface area contributed by atoms with E-state index in [1.807, 2.05) is 6.92 Å². The molecule has 0 aliphatic carbocycles. The van der Waals surface area contributed by atoms with Crippen LogP contribution in [0.4, 0.5) is 0 Å². The lowest BCUT2D eigenvalue weighted by molar-refractivity contribution is -0.0877. The van der Waals surface area contributed by atoms with Gasteiger partial charge in [-0.2, -0.15) is 0 Å². The lowest BCUT2D eigenvalue weighted by Gasteiger charge is -2.03. The van der Waals surface area contributed by atoms with Gasteiger partial charge in [0, 0.05) is 25.3 Å². The van der Waals surface area contributed by atoms with E-state index in [4.69, 9.17) is 0 Å². The monoisotopic (exact) mass is 224 g/mol. The Hall–Kier alpha value is -1.52. The van der Waals surface area contributed by atoms with Crippen LogP contribution >= 0.6 is 0 Å². The van der Waals surface area contributed by atoms with Crippen molar-refractivity contribution in [2.75, 3.05) is 14.2 Å². The van der Waals surface area contributed by atoms with E-state index in [0.717, 1.165) is 0 Å². The molecule has 0 saturated carbocycles. The van der Waals surface area contributed by atoms with Crippen LogP contribution in [0.5, 0.6) is 0 Å². The molecule has 1 aromatic rings. The molecule has 0 spiro atoms. The number of carbonyl (C=O) groups excluding carboxylic acids is 2. The third-order valence-electron chi connectivity index (χ3n) is 1.85. The Morgan fingerprint density at radius 2 is 1.50 bits per heavy atom. The maximum Gasteiger partial charge on any atom is 0.154 e. The first-order valence-electron chi connectivity index (χ1n) is 4.74. The van der Waals surface area contributed by atoms with Gasteiger partial charge in [-0.3, -0.25) is 9.59 Å². The normalized spacial score (nSPS) is 9.25. The number of rotatable bonds is 4. The number of carbonyl (C=O) groups is 2. The van der Waals surface area contributed by atoms with Gasteiger partial charge in [0.05, 0.1) is 0 Å². The summed E-state index contributed by atoms with van der Waals surface area (Å²) in [6.07, 6.45) is 1.37. The van der Waals surface area contributed by atoms with Crippen molar-refractivity contribution in [2.24, 2.45) is 0 Å². The molecule has 16 heavy (non-hydrogen) atoms. The minimum absolute atomic E-state index is 0.0648. The average molecular weight is 224 g/mol. The molecule has 1 rings (SSSR count). The lowest BCUT2D eigenvalue weighted by Crippen LogP contribution is -2.05. The van der Waals surface area contributed by atoms with Gasteiger partial charge in [-0.05, 0) is 13.0 Å². The van der Waals surface area contributed by atoms with E-state index in [1.54, 1.807) is 38.5 Å². The fourth-order valence-corrected chi connectivity index (χ4v) is 0.802. The van der Waals surface area contributed by atoms with Gasteiger partial charge in [0.25, 0.3) is 0 Å². The van der Waals surface area contributed by atoms with Crippen LogP contribution in [0, 0.1) is 0 Å². The largest absolute Gasteiger partial charge is 0.356 e. The zero-order valence-corrected chi connectivity index (χ0v) is 9.67. The van der Waals surface area contributed by atoms with Crippen LogP contribution in [0.2, 0.25) is 0 Å². The van der Waals surface area contributed by atoms with Crippen molar-refractivity contribution < 1.29 is 19.1 Å². The van der Waals surface area contributed by atoms with Crippen molar-refractivity contribution in [1.82, 2.24) is 0 Å². The van der Waals surface area contributed by atoms with Crippen molar-refractivity contribution in [3.8, 4) is 0 Å². The Morgan fingerprint density at radius 3 is 1.75 bits per heavy atom. The SMILES string of the molecule is COC(C)OC.O=Cc1cccc(C=O)c1. The molecule has 0 aromatic heterocycles. The summed E-state index contributed by atoms with van der Waals surface area (Å²) in [7, 11) is 3.21. The molecule has 0 heterocycles. The van der Waals surface area contributed by atoms with E-state index in [9.17, 15) is 9.59 Å². The number of hydrogen-bond donors (Lipinski definition) is 0. The summed E-state index contributed by atoms with van der Waals surface area (Å²) in [6, 6.07) is 6.52. The highest BCUT2D eigenvalue weighted by atomic mass is 16.7. The molecule has 88 valence electrons. The molecule has 4 heteroatoms. The number of aldehydes is 2. The van der Waals surface area contributed by atoms with Gasteiger partial charge in [0.2, 0.25) is 0 Å². The molecule has 0 fully saturated rings. The van der Waals surface area contributed by atoms with Gasteiger partial charge in [-0.1, -0.05) is 18.2 Å². The van der Waals surface area contributed by atoms with Crippen LogP contribution in [-0.2, 0) is 9.47 Å². The van der Waals surface area contributed by atoms with Crippen LogP contribution in [0.1, 0.15) is 27.6 Å². The van der Waals surface area contributed by atoms with E-state index < -0.39 is 0 Å². The van der Waals surface area contributed by atoms with Gasteiger partial charge >= 0.3 is 0 Å². The maximum atomic E-state index is 10.2. The quantitative estimate of drug-likeness (QED) is 0.579. The van der Waals surface area contributed by atoms with Gasteiger partial charge in [-0.15, -0.1) is 0 Å². The highest BCUT2D eigenvalue weighted by molar-refractivity contribution is 5.81. The summed E-state index contributed by atoms with van der Waals surface area (Å²) in [5.41, 5.74) is 1.06. The summed E-state index contributed by atoms with van der Waals surface area (Å²) >= 11 is 0. The molecule has 0 atom stereocenters. The summed E-state index contributed by atoms with van der Waals surface area (Å²) in [6.45, 7) is 1.83. The topological polar surface area (TPSA) is 52.6 Å². The van der Waals surface area contributed by atoms with E-state index >= 15 is 0 Å². The van der Waals surface area contributed by atoms with Crippen molar-refractivity contribution >= 4 is 12.6 Å². The summed E-state index contributed by atoms with van der Waals surface area (Å²) in [5.74, 6) is 0. The van der Waals surface area contributed by atoms with Crippen molar-refractivity contribution in [3.63, 3.8) is 0 Å². The fourth-order valence-electron chi connectivity index (χ4n) is 0.802. The lowest BCUT2D eigenvalue weighted by atomic mass is 10.2. The number of ether oxygens (including phenoxy) is 2. The van der Waals surface area contributed by atoms with Crippen LogP contribution in [0.3, 0.4) is 0 Å². The molecule has 0 radical (unpaired) electrons. The van der Waals surface area contributed by atoms with Crippen molar-refractivity contribution in [1.29, 1.82) is 0 Å². The molecule has 0 bridgehead atoms. The minimum atomic E-state index is -0.0648. The zero-order chi connectivity index (χ0) is 12.4. The molecule has 0 aliphatic rings. The summed E-state index contributed by atoms with van der Waals surface area (Å²) < 4.78 is 9.35. The van der Waals surface area contributed by atoms with Crippen molar-refractivity contribution in [3.05, 3.63) is 35.4 Å². The highest BCUT2D eigenvalue weighted by Crippen LogP contribution is 1.99. The molecule has 1 aromatic carbocycles. The number of hydrogen-bond acceptors (Lipinski definition) is 4. The minimum Gasteiger partial charge on any atom is -0.356 e. The Kier molecular flexibility index (Phi) is 7.93. The van der Waals surface area contributed by atoms with Crippen molar-refractivity contribution in [2.45, 2.75) is 13.2 Å². The van der Waals surface area contributed by atoms with Gasteiger partial charge < -0.3 is 9.47 Å². The van der Waals surface area contributed by atoms with Gasteiger partial charge in [0.15, 0.2) is 6.29 Å². The van der Waals surface area contributed by atoms with E-state index in [1.165, 1.54) is 0 Å². The van der Waals surface area contributed by atoms with E-state index in [-0.39, 0.29) is 6.29 Å². The van der Waals surface area contributed by atoms with E-state index in [0.29, 0.717) is 23.7 Å². The first kappa shape index (κ1) is 14.5. The molecule has 0 amide bonds. The number of benzene rings is 1. The van der Waals surface area contributed by atoms with Crippen LogP contribution in [-0.4, -0.2) is 33.1 Å². The van der Waals surface area contributed by atoms with Gasteiger partial charge in [0.1, 0.15) is 12.6 Å². The number of methoxy groups -OCH3 is 2. The molecule has 0 unspecified atom stereocenters. The average Bonchev–Trinajstić information content (AvgIpc) is 2.38. The second kappa shape index (κ2) is 8.76. The Bertz CT molecular complexity index is 295. The predicted octanol–water partition coefficient (Wildman–Crippen LogP) is 1.94. The van der Waals surface area contributed by atoms with Crippen LogP contribution in [0.25, 0.3) is 0 Å². The Balaban J connectivity index is 0.000000325. The van der Waals surface area contributed by atoms with Crippen LogP contribution in [0.15, 0.2) is 24.3 Å². The maximum absolute atomic E-state index is 10.2. The Labute approximate surface area is 95.2 Å². The fraction of sp³-hybridized carbons (Fsp3) is 0.333. The first-order valence-corrected chi connectivity index (χ1v) is 4.74. The first-order chi connectivity index (χ1) is 7.67. The smallest absolute Gasteiger partial charge is 0.154 e. The molecule has 0 aliphatic heterocycles. The second-order valence-corrected chi connectivity index (χ2v) is 2.94. The zero-order valence-electron chi connectivity index (χ0n) is 9.67. The van der Waals surface area contributed by atoms with Gasteiger partial charge in [-0.25, -0.2) is 0 Å². The molecule has 0 N–H and O–H groups in total. The highest BCUT2D eigenvalue weighted by Gasteiger charge is 1.90. The third kappa shape index (κ3) is 6.06.